The Bertz CT molecular complexity index is 802. The van der Waals surface area contributed by atoms with Gasteiger partial charge in [-0.25, -0.2) is 0 Å². The van der Waals surface area contributed by atoms with E-state index in [4.69, 9.17) is 4.74 Å². The minimum absolute atomic E-state index is 0.00288. The summed E-state index contributed by atoms with van der Waals surface area (Å²) in [5.41, 5.74) is 0.177. The number of aliphatic hydroxyl groups is 1. The summed E-state index contributed by atoms with van der Waals surface area (Å²) in [5.74, 6) is 1.05. The number of ether oxygens (including phenoxy) is 1. The van der Waals surface area contributed by atoms with Gasteiger partial charge in [-0.1, -0.05) is 26.0 Å². The van der Waals surface area contributed by atoms with E-state index in [1.807, 2.05) is 31.2 Å². The van der Waals surface area contributed by atoms with Crippen LogP contribution in [-0.4, -0.2) is 35.7 Å². The highest BCUT2D eigenvalue weighted by Gasteiger charge is 2.61. The molecule has 2 saturated carbocycles. The number of carbonyl (C=O) groups is 2. The molecular formula is C25H38N2O4. The maximum Gasteiger partial charge on any atom is 0.220 e. The lowest BCUT2D eigenvalue weighted by Crippen LogP contribution is -2.52. The first kappa shape index (κ1) is 23.6. The number of methoxy groups -OCH3 is 1. The highest BCUT2D eigenvalue weighted by molar-refractivity contribution is 5.76. The Hall–Kier alpha value is -2.08. The van der Waals surface area contributed by atoms with Crippen molar-refractivity contribution in [3.05, 3.63) is 29.8 Å². The lowest BCUT2D eigenvalue weighted by Gasteiger charge is -2.50. The molecule has 6 nitrogen and oxygen atoms in total. The van der Waals surface area contributed by atoms with Gasteiger partial charge in [0.15, 0.2) is 0 Å². The summed E-state index contributed by atoms with van der Waals surface area (Å²) in [6.07, 6.45) is 4.25. The van der Waals surface area contributed by atoms with Gasteiger partial charge in [-0.3, -0.25) is 9.59 Å². The second kappa shape index (κ2) is 8.81. The van der Waals surface area contributed by atoms with Crippen molar-refractivity contribution < 1.29 is 19.4 Å². The third kappa shape index (κ3) is 5.22. The number of carbonyl (C=O) groups excluding carboxylic acids is 2. The molecule has 1 aromatic rings. The number of hydrogen-bond acceptors (Lipinski definition) is 4. The standard InChI is InChI=1S/C25H38N2O4/c1-17(28)27-21-15-23(2,3)20-14-24(4,30)12-13-25(20,21)11-10-22(29)26-16-18-6-8-19(31-5)9-7-18/h6-9,20-21,30H,10-16H2,1-5H3,(H,26,29)(H,27,28). The molecule has 3 rings (SSSR count). The first-order valence-electron chi connectivity index (χ1n) is 11.4. The minimum atomic E-state index is -0.687. The monoisotopic (exact) mass is 430 g/mol. The first-order chi connectivity index (χ1) is 14.5. The molecule has 1 aromatic carbocycles. The van der Waals surface area contributed by atoms with Gasteiger partial charge in [0.05, 0.1) is 12.7 Å². The van der Waals surface area contributed by atoms with Gasteiger partial charge in [0.25, 0.3) is 0 Å². The van der Waals surface area contributed by atoms with E-state index in [-0.39, 0.29) is 34.6 Å². The summed E-state index contributed by atoms with van der Waals surface area (Å²) < 4.78 is 5.17. The fraction of sp³-hybridized carbons (Fsp3) is 0.680. The van der Waals surface area contributed by atoms with Crippen molar-refractivity contribution in [2.75, 3.05) is 7.11 Å². The molecule has 2 aliphatic rings. The van der Waals surface area contributed by atoms with E-state index in [1.165, 1.54) is 0 Å². The van der Waals surface area contributed by atoms with Gasteiger partial charge in [0.2, 0.25) is 11.8 Å². The zero-order chi connectivity index (χ0) is 22.9. The average Bonchev–Trinajstić information content (AvgIpc) is 2.90. The van der Waals surface area contributed by atoms with E-state index in [9.17, 15) is 14.7 Å². The maximum absolute atomic E-state index is 12.7. The van der Waals surface area contributed by atoms with Crippen LogP contribution in [0, 0.1) is 16.7 Å². The molecule has 0 spiro atoms. The maximum atomic E-state index is 12.7. The third-order valence-corrected chi connectivity index (χ3v) is 7.68. The van der Waals surface area contributed by atoms with Crippen molar-refractivity contribution >= 4 is 11.8 Å². The van der Waals surface area contributed by atoms with E-state index >= 15 is 0 Å². The first-order valence-corrected chi connectivity index (χ1v) is 11.4. The van der Waals surface area contributed by atoms with Gasteiger partial charge in [-0.2, -0.15) is 0 Å². The van der Waals surface area contributed by atoms with Gasteiger partial charge in [0.1, 0.15) is 5.75 Å². The summed E-state index contributed by atoms with van der Waals surface area (Å²) in [7, 11) is 1.63. The average molecular weight is 431 g/mol. The van der Waals surface area contributed by atoms with E-state index < -0.39 is 5.60 Å². The molecule has 6 heteroatoms. The van der Waals surface area contributed by atoms with Crippen LogP contribution >= 0.6 is 0 Å². The molecule has 2 amide bonds. The fourth-order valence-electron chi connectivity index (χ4n) is 6.06. The van der Waals surface area contributed by atoms with Gasteiger partial charge in [-0.05, 0) is 73.5 Å². The molecule has 0 aliphatic heterocycles. The van der Waals surface area contributed by atoms with Crippen molar-refractivity contribution in [1.29, 1.82) is 0 Å². The Balaban J connectivity index is 1.69. The third-order valence-electron chi connectivity index (χ3n) is 7.68. The van der Waals surface area contributed by atoms with Crippen molar-refractivity contribution in [2.24, 2.45) is 16.7 Å². The van der Waals surface area contributed by atoms with Crippen LogP contribution in [0.25, 0.3) is 0 Å². The number of benzene rings is 1. The van der Waals surface area contributed by atoms with Crippen molar-refractivity contribution in [3.63, 3.8) is 0 Å². The lowest BCUT2D eigenvalue weighted by atomic mass is 9.57. The van der Waals surface area contributed by atoms with Crippen LogP contribution < -0.4 is 15.4 Å². The zero-order valence-electron chi connectivity index (χ0n) is 19.6. The number of nitrogens with one attached hydrogen (secondary N) is 2. The molecule has 0 heterocycles. The predicted octanol–water partition coefficient (Wildman–Crippen LogP) is 3.56. The second-order valence-corrected chi connectivity index (χ2v) is 10.6. The summed E-state index contributed by atoms with van der Waals surface area (Å²) >= 11 is 0. The fourth-order valence-corrected chi connectivity index (χ4v) is 6.06. The number of rotatable bonds is 7. The molecule has 0 radical (unpaired) electrons. The van der Waals surface area contributed by atoms with Crippen LogP contribution in [0.3, 0.4) is 0 Å². The van der Waals surface area contributed by atoms with Crippen LogP contribution in [0.4, 0.5) is 0 Å². The summed E-state index contributed by atoms with van der Waals surface area (Å²) in [5, 5.41) is 17.0. The second-order valence-electron chi connectivity index (χ2n) is 10.6. The molecule has 4 unspecified atom stereocenters. The lowest BCUT2D eigenvalue weighted by molar-refractivity contribution is -0.124. The number of hydrogen-bond donors (Lipinski definition) is 3. The normalized spacial score (nSPS) is 31.5. The Morgan fingerprint density at radius 1 is 1.13 bits per heavy atom. The van der Waals surface area contributed by atoms with Gasteiger partial charge >= 0.3 is 0 Å². The van der Waals surface area contributed by atoms with Crippen molar-refractivity contribution in [2.45, 2.75) is 84.4 Å². The van der Waals surface area contributed by atoms with Crippen LogP contribution in [0.1, 0.15) is 71.8 Å². The largest absolute Gasteiger partial charge is 0.497 e. The molecule has 31 heavy (non-hydrogen) atoms. The van der Waals surface area contributed by atoms with Crippen molar-refractivity contribution in [3.8, 4) is 5.75 Å². The van der Waals surface area contributed by atoms with E-state index in [1.54, 1.807) is 14.0 Å². The van der Waals surface area contributed by atoms with Crippen LogP contribution in [-0.2, 0) is 16.1 Å². The van der Waals surface area contributed by atoms with E-state index in [0.717, 1.165) is 30.6 Å². The van der Waals surface area contributed by atoms with Crippen LogP contribution in [0.2, 0.25) is 0 Å². The quantitative estimate of drug-likeness (QED) is 0.617. The smallest absolute Gasteiger partial charge is 0.220 e. The molecule has 172 valence electrons. The topological polar surface area (TPSA) is 87.7 Å². The van der Waals surface area contributed by atoms with Gasteiger partial charge in [0, 0.05) is 25.9 Å². The molecule has 2 aliphatic carbocycles. The van der Waals surface area contributed by atoms with Crippen LogP contribution in [0.15, 0.2) is 24.3 Å². The highest BCUT2D eigenvalue weighted by Crippen LogP contribution is 2.63. The SMILES string of the molecule is COc1ccc(CNC(=O)CCC23CCC(C)(O)CC2C(C)(C)CC3NC(C)=O)cc1. The van der Waals surface area contributed by atoms with Gasteiger partial charge < -0.3 is 20.5 Å². The molecule has 0 aromatic heterocycles. The molecule has 4 atom stereocenters. The predicted molar refractivity (Wildman–Crippen MR) is 120 cm³/mol. The Morgan fingerprint density at radius 2 is 1.81 bits per heavy atom. The zero-order valence-corrected chi connectivity index (χ0v) is 19.6. The highest BCUT2D eigenvalue weighted by atomic mass is 16.5. The minimum Gasteiger partial charge on any atom is -0.497 e. The number of fused-ring (bicyclic) bond motifs is 1. The summed E-state index contributed by atoms with van der Waals surface area (Å²) in [4.78, 5) is 24.7. The molecule has 0 bridgehead atoms. The molecule has 0 saturated heterocycles. The van der Waals surface area contributed by atoms with Gasteiger partial charge in [-0.15, -0.1) is 0 Å². The van der Waals surface area contributed by atoms with E-state index in [2.05, 4.69) is 24.5 Å². The Morgan fingerprint density at radius 3 is 2.42 bits per heavy atom. The van der Waals surface area contributed by atoms with Crippen molar-refractivity contribution in [1.82, 2.24) is 10.6 Å². The summed E-state index contributed by atoms with van der Waals surface area (Å²) in [6, 6.07) is 7.71. The van der Waals surface area contributed by atoms with E-state index in [0.29, 0.717) is 25.8 Å². The Labute approximate surface area is 186 Å². The molecular weight excluding hydrogens is 392 g/mol. The van der Waals surface area contributed by atoms with Crippen LogP contribution in [0.5, 0.6) is 5.75 Å². The molecule has 3 N–H and O–H groups in total. The number of amides is 2. The Kier molecular flexibility index (Phi) is 6.70. The summed E-state index contributed by atoms with van der Waals surface area (Å²) in [6.45, 7) is 8.43. The molecule has 2 fully saturated rings.